The minimum absolute atomic E-state index is 0.0146. The SMILES string of the molecule is COc1ccccc1CC(C)N(C)C(=O)OC(C)Cl.COc1ccccc1CC(C)N(C)C(=O)OC(C)OC(=O)CCCNC(=O)OC(C)(C)C. The fourth-order valence-electron chi connectivity index (χ4n) is 4.47. The van der Waals surface area contributed by atoms with Gasteiger partial charge < -0.3 is 43.5 Å². The number of ether oxygens (including phenoxy) is 6. The van der Waals surface area contributed by atoms with Crippen molar-refractivity contribution in [1.82, 2.24) is 15.1 Å². The van der Waals surface area contributed by atoms with Crippen LogP contribution in [0.4, 0.5) is 14.4 Å². The van der Waals surface area contributed by atoms with Gasteiger partial charge in [0.05, 0.1) is 14.2 Å². The Kier molecular flexibility index (Phi) is 19.6. The van der Waals surface area contributed by atoms with Crippen molar-refractivity contribution >= 4 is 35.8 Å². The van der Waals surface area contributed by atoms with Gasteiger partial charge >= 0.3 is 24.2 Å². The molecule has 2 rings (SSSR count). The van der Waals surface area contributed by atoms with Gasteiger partial charge in [-0.3, -0.25) is 4.79 Å². The molecular weight excluding hydrogens is 682 g/mol. The Morgan fingerprint density at radius 1 is 0.745 bits per heavy atom. The van der Waals surface area contributed by atoms with Gasteiger partial charge in [0.1, 0.15) is 17.1 Å². The fraction of sp³-hybridized carbons (Fsp3) is 0.568. The summed E-state index contributed by atoms with van der Waals surface area (Å²) in [4.78, 5) is 50.6. The summed E-state index contributed by atoms with van der Waals surface area (Å²) in [7, 11) is 6.56. The molecule has 0 fully saturated rings. The predicted molar refractivity (Wildman–Crippen MR) is 195 cm³/mol. The summed E-state index contributed by atoms with van der Waals surface area (Å²) in [5.41, 5.74) is 0.811. The summed E-state index contributed by atoms with van der Waals surface area (Å²) in [6, 6.07) is 15.2. The highest BCUT2D eigenvalue weighted by atomic mass is 35.5. The van der Waals surface area contributed by atoms with Crippen LogP contribution in [0.2, 0.25) is 0 Å². The summed E-state index contributed by atoms with van der Waals surface area (Å²) in [6.45, 7) is 12.5. The third-order valence-electron chi connectivity index (χ3n) is 7.37. The molecule has 0 aliphatic rings. The summed E-state index contributed by atoms with van der Waals surface area (Å²) in [6.07, 6.45) is -0.898. The number of carbonyl (C=O) groups excluding carboxylic acids is 4. The van der Waals surface area contributed by atoms with Crippen LogP contribution in [-0.4, -0.2) is 98.4 Å². The van der Waals surface area contributed by atoms with Gasteiger partial charge in [0.15, 0.2) is 5.56 Å². The molecule has 2 aromatic carbocycles. The number of rotatable bonds is 15. The van der Waals surface area contributed by atoms with Crippen LogP contribution in [0, 0.1) is 0 Å². The first kappa shape index (κ1) is 44.6. The lowest BCUT2D eigenvalue weighted by molar-refractivity contribution is -0.166. The number of nitrogens with one attached hydrogen (secondary N) is 1. The second kappa shape index (κ2) is 22.4. The maximum atomic E-state index is 12.4. The van der Waals surface area contributed by atoms with E-state index in [4.69, 9.17) is 40.0 Å². The van der Waals surface area contributed by atoms with Crippen LogP contribution >= 0.6 is 11.6 Å². The lowest BCUT2D eigenvalue weighted by atomic mass is 10.1. The maximum absolute atomic E-state index is 12.4. The number of alkyl carbamates (subject to hydrolysis) is 1. The zero-order chi connectivity index (χ0) is 38.7. The van der Waals surface area contributed by atoms with Crippen molar-refractivity contribution in [3.05, 3.63) is 59.7 Å². The third-order valence-corrected chi connectivity index (χ3v) is 7.46. The highest BCUT2D eigenvalue weighted by Crippen LogP contribution is 2.22. The van der Waals surface area contributed by atoms with Crippen LogP contribution in [0.15, 0.2) is 48.5 Å². The van der Waals surface area contributed by atoms with Crippen molar-refractivity contribution in [2.45, 2.75) is 104 Å². The highest BCUT2D eigenvalue weighted by Gasteiger charge is 2.23. The van der Waals surface area contributed by atoms with Crippen molar-refractivity contribution in [3.8, 4) is 11.5 Å². The fourth-order valence-corrected chi connectivity index (χ4v) is 4.54. The summed E-state index contributed by atoms with van der Waals surface area (Å²) in [5, 5.41) is 2.57. The number of nitrogens with zero attached hydrogens (tertiary/aromatic N) is 2. The molecule has 0 radical (unpaired) electrons. The van der Waals surface area contributed by atoms with Crippen LogP contribution in [-0.2, 0) is 36.6 Å². The molecule has 2 aromatic rings. The van der Waals surface area contributed by atoms with Gasteiger partial charge in [-0.1, -0.05) is 48.0 Å². The molecule has 3 amide bonds. The molecule has 0 heterocycles. The minimum atomic E-state index is -1.03. The third kappa shape index (κ3) is 17.9. The van der Waals surface area contributed by atoms with Crippen molar-refractivity contribution in [3.63, 3.8) is 0 Å². The molecule has 0 bridgehead atoms. The maximum Gasteiger partial charge on any atom is 0.412 e. The lowest BCUT2D eigenvalue weighted by Gasteiger charge is -2.26. The second-order valence-electron chi connectivity index (χ2n) is 12.9. The molecular formula is C37H56ClN3O10. The molecule has 51 heavy (non-hydrogen) atoms. The highest BCUT2D eigenvalue weighted by molar-refractivity contribution is 6.19. The van der Waals surface area contributed by atoms with Gasteiger partial charge in [-0.2, -0.15) is 0 Å². The lowest BCUT2D eigenvalue weighted by Crippen LogP contribution is -2.39. The second-order valence-corrected chi connectivity index (χ2v) is 13.5. The first-order valence-electron chi connectivity index (χ1n) is 16.8. The largest absolute Gasteiger partial charge is 0.496 e. The van der Waals surface area contributed by atoms with Crippen molar-refractivity contribution in [1.29, 1.82) is 0 Å². The Hall–Kier alpha value is -4.39. The molecule has 1 N–H and O–H groups in total. The van der Waals surface area contributed by atoms with Crippen molar-refractivity contribution in [2.24, 2.45) is 0 Å². The van der Waals surface area contributed by atoms with E-state index in [9.17, 15) is 19.2 Å². The van der Waals surface area contributed by atoms with E-state index in [-0.39, 0.29) is 25.0 Å². The molecule has 14 heteroatoms. The molecule has 0 saturated carbocycles. The average Bonchev–Trinajstić information content (AvgIpc) is 3.05. The van der Waals surface area contributed by atoms with Gasteiger partial charge in [-0.15, -0.1) is 0 Å². The zero-order valence-corrected chi connectivity index (χ0v) is 32.6. The van der Waals surface area contributed by atoms with Crippen LogP contribution in [0.25, 0.3) is 0 Å². The zero-order valence-electron chi connectivity index (χ0n) is 31.8. The predicted octanol–water partition coefficient (Wildman–Crippen LogP) is 7.17. The monoisotopic (exact) mass is 737 g/mol. The number of carbonyl (C=O) groups is 4. The number of alkyl halides is 1. The average molecular weight is 738 g/mol. The first-order chi connectivity index (χ1) is 23.9. The van der Waals surface area contributed by atoms with Gasteiger partial charge in [-0.25, -0.2) is 14.4 Å². The number of methoxy groups -OCH3 is 2. The number of likely N-dealkylation sites (N-methyl/N-ethyl adjacent to an activating group) is 2. The molecule has 0 aliphatic carbocycles. The molecule has 0 saturated heterocycles. The Balaban J connectivity index is 0.000000581. The molecule has 4 atom stereocenters. The standard InChI is InChI=1S/C23H36N2O7.C14H20ClNO3/c1-16(15-18-11-8-9-12-19(18)29-7)25(6)22(28)31-17(2)30-20(26)13-10-14-24-21(27)32-23(3,4)5;1-10(16(3)14(17)19-11(2)15)9-12-7-5-6-8-13(12)18-4/h8-9,11-12,16-17H,10,13-15H2,1-7H3,(H,24,27);5-8,10-11H,9H2,1-4H3. The van der Waals surface area contributed by atoms with Crippen LogP contribution in [0.3, 0.4) is 0 Å². The summed E-state index contributed by atoms with van der Waals surface area (Å²) in [5.74, 6) is 1.05. The number of benzene rings is 2. The number of esters is 1. The molecule has 286 valence electrons. The number of amides is 3. The van der Waals surface area contributed by atoms with Crippen molar-refractivity contribution in [2.75, 3.05) is 34.9 Å². The van der Waals surface area contributed by atoms with E-state index >= 15 is 0 Å². The molecule has 4 unspecified atom stereocenters. The topological polar surface area (TPSA) is 142 Å². The van der Waals surface area contributed by atoms with E-state index in [2.05, 4.69) is 5.32 Å². The first-order valence-corrected chi connectivity index (χ1v) is 17.2. The van der Waals surface area contributed by atoms with Crippen LogP contribution in [0.1, 0.15) is 72.4 Å². The van der Waals surface area contributed by atoms with Gasteiger partial charge in [0.25, 0.3) is 0 Å². The molecule has 0 aliphatic heterocycles. The number of hydrogen-bond acceptors (Lipinski definition) is 10. The van der Waals surface area contributed by atoms with Crippen LogP contribution < -0.4 is 14.8 Å². The van der Waals surface area contributed by atoms with Gasteiger partial charge in [0.2, 0.25) is 6.29 Å². The van der Waals surface area contributed by atoms with Gasteiger partial charge in [-0.05, 0) is 84.1 Å². The van der Waals surface area contributed by atoms with E-state index in [0.29, 0.717) is 19.3 Å². The Morgan fingerprint density at radius 2 is 1.20 bits per heavy atom. The van der Waals surface area contributed by atoms with E-state index in [0.717, 1.165) is 22.6 Å². The van der Waals surface area contributed by atoms with E-state index < -0.39 is 41.7 Å². The van der Waals surface area contributed by atoms with Crippen LogP contribution in [0.5, 0.6) is 11.5 Å². The normalized spacial score (nSPS) is 13.1. The minimum Gasteiger partial charge on any atom is -0.496 e. The Morgan fingerprint density at radius 3 is 1.63 bits per heavy atom. The Labute approximate surface area is 307 Å². The number of halogens is 1. The quantitative estimate of drug-likeness (QED) is 0.0657. The Bertz CT molecular complexity index is 1380. The summed E-state index contributed by atoms with van der Waals surface area (Å²) < 4.78 is 31.0. The van der Waals surface area contributed by atoms with E-state index in [1.54, 1.807) is 56.0 Å². The molecule has 0 aromatic heterocycles. The molecule has 0 spiro atoms. The van der Waals surface area contributed by atoms with Crippen molar-refractivity contribution < 1.29 is 47.6 Å². The molecule has 13 nitrogen and oxygen atoms in total. The number of para-hydroxylation sites is 2. The smallest absolute Gasteiger partial charge is 0.412 e. The van der Waals surface area contributed by atoms with E-state index in [1.807, 2.05) is 62.4 Å². The van der Waals surface area contributed by atoms with E-state index in [1.165, 1.54) is 16.7 Å². The summed E-state index contributed by atoms with van der Waals surface area (Å²) >= 11 is 5.64. The van der Waals surface area contributed by atoms with Gasteiger partial charge in [0, 0.05) is 46.1 Å². The number of hydrogen-bond donors (Lipinski definition) is 1.